The summed E-state index contributed by atoms with van der Waals surface area (Å²) in [5, 5.41) is 12.4. The van der Waals surface area contributed by atoms with E-state index in [1.165, 1.54) is 19.2 Å². The lowest BCUT2D eigenvalue weighted by Gasteiger charge is -2.40. The maximum atomic E-state index is 12.6. The number of carbonyl (C=O) groups is 2. The van der Waals surface area contributed by atoms with E-state index in [0.29, 0.717) is 24.7 Å². The van der Waals surface area contributed by atoms with Gasteiger partial charge >= 0.3 is 5.97 Å². The summed E-state index contributed by atoms with van der Waals surface area (Å²) in [6, 6.07) is 5.48. The van der Waals surface area contributed by atoms with Gasteiger partial charge < -0.3 is 24.5 Å². The number of carboxylic acids is 1. The topological polar surface area (TPSA) is 107 Å². The quantitative estimate of drug-likeness (QED) is 0.460. The van der Waals surface area contributed by atoms with E-state index < -0.39 is 11.4 Å². The van der Waals surface area contributed by atoms with Crippen molar-refractivity contribution in [3.05, 3.63) is 45.7 Å². The van der Waals surface area contributed by atoms with Gasteiger partial charge in [0, 0.05) is 43.3 Å². The molecule has 1 fully saturated rings. The summed E-state index contributed by atoms with van der Waals surface area (Å²) in [5.74, 6) is 0.270. The molecule has 1 amide bonds. The van der Waals surface area contributed by atoms with Crippen LogP contribution in [0.15, 0.2) is 29.2 Å². The molecule has 8 heteroatoms. The third kappa shape index (κ3) is 4.99. The number of hydrogen-bond donors (Lipinski definition) is 2. The molecule has 0 spiro atoms. The second-order valence-corrected chi connectivity index (χ2v) is 10.6. The lowest BCUT2D eigenvalue weighted by molar-refractivity contribution is -0.118. The van der Waals surface area contributed by atoms with Crippen LogP contribution in [0.2, 0.25) is 0 Å². The van der Waals surface area contributed by atoms with Crippen LogP contribution in [0.1, 0.15) is 87.2 Å². The van der Waals surface area contributed by atoms with Crippen molar-refractivity contribution in [2.24, 2.45) is 5.41 Å². The van der Waals surface area contributed by atoms with Crippen LogP contribution in [0.3, 0.4) is 0 Å². The van der Waals surface area contributed by atoms with E-state index in [-0.39, 0.29) is 28.8 Å². The number of ether oxygens (including phenoxy) is 2. The molecule has 4 rings (SSSR count). The number of carboxylic acid groups (broad SMARTS) is 1. The van der Waals surface area contributed by atoms with Crippen LogP contribution in [0.4, 0.5) is 0 Å². The van der Waals surface area contributed by atoms with Crippen molar-refractivity contribution in [1.82, 2.24) is 9.88 Å². The van der Waals surface area contributed by atoms with Gasteiger partial charge in [-0.05, 0) is 48.8 Å². The Morgan fingerprint density at radius 3 is 2.58 bits per heavy atom. The van der Waals surface area contributed by atoms with Crippen LogP contribution in [0, 0.1) is 5.41 Å². The van der Waals surface area contributed by atoms with Crippen LogP contribution in [0.5, 0.6) is 11.5 Å². The Morgan fingerprint density at radius 2 is 1.89 bits per heavy atom. The first-order valence-corrected chi connectivity index (χ1v) is 12.7. The van der Waals surface area contributed by atoms with Crippen LogP contribution in [0.25, 0.3) is 11.3 Å². The van der Waals surface area contributed by atoms with Gasteiger partial charge in [0.2, 0.25) is 5.91 Å². The molecule has 0 radical (unpaired) electrons. The van der Waals surface area contributed by atoms with Gasteiger partial charge in [0.1, 0.15) is 5.56 Å². The van der Waals surface area contributed by atoms with E-state index in [4.69, 9.17) is 9.47 Å². The summed E-state index contributed by atoms with van der Waals surface area (Å²) in [7, 11) is 1.60. The number of nitrogens with zero attached hydrogens (tertiary/aromatic N) is 1. The molecule has 0 bridgehead atoms. The standard InChI is InChI=1S/C28H36N2O6/c1-17(31)29-11-7-5-6-8-12-36-25-13-19-18-9-10-28(2,3)26(18)30-16-21(27(33)34)23(32)15-22(30)20(19)14-24(25)35-4/h13-16,18,26H,5-12H2,1-4H3,(H,29,31)(H,33,34)/t18-,26+/m0/s1. The first kappa shape index (κ1) is 25.8. The normalized spacial score (nSPS) is 19.1. The number of fused-ring (bicyclic) bond motifs is 6. The van der Waals surface area contributed by atoms with Crippen molar-refractivity contribution < 1.29 is 24.2 Å². The second kappa shape index (κ2) is 10.4. The number of hydrogen-bond acceptors (Lipinski definition) is 5. The molecule has 1 saturated carbocycles. The molecule has 1 aliphatic heterocycles. The Hall–Kier alpha value is -3.29. The highest BCUT2D eigenvalue weighted by atomic mass is 16.5. The molecular formula is C28H36N2O6. The zero-order chi connectivity index (χ0) is 26.0. The number of unbranched alkanes of at least 4 members (excludes halogenated alkanes) is 3. The van der Waals surface area contributed by atoms with Gasteiger partial charge in [-0.3, -0.25) is 9.59 Å². The Kier molecular flexibility index (Phi) is 7.43. The van der Waals surface area contributed by atoms with Gasteiger partial charge in [-0.25, -0.2) is 4.79 Å². The number of aromatic nitrogens is 1. The smallest absolute Gasteiger partial charge is 0.341 e. The molecule has 2 N–H and O–H groups in total. The van der Waals surface area contributed by atoms with Crippen LogP contribution < -0.4 is 20.2 Å². The number of methoxy groups -OCH3 is 1. The van der Waals surface area contributed by atoms with E-state index in [1.54, 1.807) is 7.11 Å². The first-order chi connectivity index (χ1) is 17.1. The average Bonchev–Trinajstić information content (AvgIpc) is 3.15. The predicted molar refractivity (Wildman–Crippen MR) is 137 cm³/mol. The summed E-state index contributed by atoms with van der Waals surface area (Å²) < 4.78 is 13.8. The largest absolute Gasteiger partial charge is 0.493 e. The molecule has 0 unspecified atom stereocenters. The number of pyridine rings is 1. The van der Waals surface area contributed by atoms with Gasteiger partial charge in [-0.1, -0.05) is 26.7 Å². The molecule has 1 aliphatic carbocycles. The summed E-state index contributed by atoms with van der Waals surface area (Å²) >= 11 is 0. The number of rotatable bonds is 10. The molecule has 2 aliphatic rings. The van der Waals surface area contributed by atoms with Crippen LogP contribution in [-0.4, -0.2) is 41.8 Å². The van der Waals surface area contributed by atoms with Crippen molar-refractivity contribution in [2.45, 2.75) is 71.3 Å². The van der Waals surface area contributed by atoms with Crippen molar-refractivity contribution in [2.75, 3.05) is 20.3 Å². The number of amides is 1. The molecule has 194 valence electrons. The van der Waals surface area contributed by atoms with Crippen LogP contribution in [-0.2, 0) is 4.79 Å². The molecule has 1 aromatic heterocycles. The third-order valence-electron chi connectivity index (χ3n) is 7.61. The minimum Gasteiger partial charge on any atom is -0.493 e. The average molecular weight is 497 g/mol. The highest BCUT2D eigenvalue weighted by Gasteiger charge is 2.47. The van der Waals surface area contributed by atoms with Crippen molar-refractivity contribution in [3.8, 4) is 22.8 Å². The maximum Gasteiger partial charge on any atom is 0.341 e. The van der Waals surface area contributed by atoms with Crippen LogP contribution >= 0.6 is 0 Å². The summed E-state index contributed by atoms with van der Waals surface area (Å²) in [6.45, 7) is 7.20. The third-order valence-corrected chi connectivity index (χ3v) is 7.61. The van der Waals surface area contributed by atoms with Gasteiger partial charge in [0.25, 0.3) is 0 Å². The van der Waals surface area contributed by atoms with E-state index in [2.05, 4.69) is 25.2 Å². The second-order valence-electron chi connectivity index (χ2n) is 10.6. The molecule has 2 heterocycles. The van der Waals surface area contributed by atoms with Crippen molar-refractivity contribution in [3.63, 3.8) is 0 Å². The number of carbonyl (C=O) groups excluding carboxylic acids is 1. The minimum absolute atomic E-state index is 0.000511. The fourth-order valence-corrected chi connectivity index (χ4v) is 5.83. The summed E-state index contributed by atoms with van der Waals surface area (Å²) in [4.78, 5) is 35.3. The van der Waals surface area contributed by atoms with E-state index in [9.17, 15) is 19.5 Å². The van der Waals surface area contributed by atoms with Gasteiger partial charge in [0.15, 0.2) is 16.9 Å². The van der Waals surface area contributed by atoms with Crippen molar-refractivity contribution in [1.29, 1.82) is 0 Å². The Bertz CT molecular complexity index is 1220. The molecular weight excluding hydrogens is 460 g/mol. The maximum absolute atomic E-state index is 12.6. The zero-order valence-corrected chi connectivity index (χ0v) is 21.6. The fourth-order valence-electron chi connectivity index (χ4n) is 5.83. The highest BCUT2D eigenvalue weighted by Crippen LogP contribution is 2.59. The first-order valence-electron chi connectivity index (χ1n) is 12.7. The molecule has 8 nitrogen and oxygen atoms in total. The van der Waals surface area contributed by atoms with Crippen molar-refractivity contribution >= 4 is 11.9 Å². The molecule has 0 saturated heterocycles. The predicted octanol–water partition coefficient (Wildman–Crippen LogP) is 4.76. The van der Waals surface area contributed by atoms with Gasteiger partial charge in [-0.2, -0.15) is 0 Å². The molecule has 1 aromatic carbocycles. The van der Waals surface area contributed by atoms with Gasteiger partial charge in [-0.15, -0.1) is 0 Å². The van der Waals surface area contributed by atoms with E-state index in [1.807, 2.05) is 10.6 Å². The monoisotopic (exact) mass is 496 g/mol. The fraction of sp³-hybridized carbons (Fsp3) is 0.536. The zero-order valence-electron chi connectivity index (χ0n) is 21.6. The molecule has 2 aromatic rings. The summed E-state index contributed by atoms with van der Waals surface area (Å²) in [6.07, 6.45) is 7.37. The Balaban J connectivity index is 1.60. The SMILES string of the molecule is COc1cc2c(cc1OCCCCCCNC(C)=O)[C@@H]1CCC(C)(C)[C@@H]1n1cc(C(=O)O)c(=O)cc1-2. The van der Waals surface area contributed by atoms with E-state index >= 15 is 0 Å². The Morgan fingerprint density at radius 1 is 1.14 bits per heavy atom. The molecule has 2 atom stereocenters. The van der Waals surface area contributed by atoms with E-state index in [0.717, 1.165) is 55.3 Å². The number of aromatic carboxylic acids is 1. The number of benzene rings is 1. The minimum atomic E-state index is -1.20. The lowest BCUT2D eigenvalue weighted by atomic mass is 9.77. The van der Waals surface area contributed by atoms with Gasteiger partial charge in [0.05, 0.1) is 19.4 Å². The number of nitrogens with one attached hydrogen (secondary N) is 1. The Labute approximate surface area is 211 Å². The molecule has 36 heavy (non-hydrogen) atoms. The highest BCUT2D eigenvalue weighted by molar-refractivity contribution is 5.88. The summed E-state index contributed by atoms with van der Waals surface area (Å²) in [5.41, 5.74) is 1.99. The lowest BCUT2D eigenvalue weighted by Crippen LogP contribution is -2.32.